The van der Waals surface area contributed by atoms with Crippen LogP contribution in [0.4, 0.5) is 11.4 Å². The average molecular weight is 284 g/mol. The van der Waals surface area contributed by atoms with Crippen LogP contribution < -0.4 is 10.2 Å². The summed E-state index contributed by atoms with van der Waals surface area (Å²) in [4.78, 5) is 2.16. The lowest BCUT2D eigenvalue weighted by molar-refractivity contribution is 0.302. The first-order chi connectivity index (χ1) is 10.2. The van der Waals surface area contributed by atoms with Gasteiger partial charge in [-0.3, -0.25) is 0 Å². The summed E-state index contributed by atoms with van der Waals surface area (Å²) >= 11 is 0. The van der Waals surface area contributed by atoms with Crippen LogP contribution in [0.15, 0.2) is 48.5 Å². The molecule has 0 aliphatic carbocycles. The van der Waals surface area contributed by atoms with E-state index in [0.29, 0.717) is 6.54 Å². The minimum Gasteiger partial charge on any atom is -0.395 e. The molecule has 3 nitrogen and oxygen atoms in total. The van der Waals surface area contributed by atoms with Crippen molar-refractivity contribution < 1.29 is 5.11 Å². The fraction of sp³-hybridized carbons (Fsp3) is 0.333. The summed E-state index contributed by atoms with van der Waals surface area (Å²) in [5.41, 5.74) is 4.82. The fourth-order valence-corrected chi connectivity index (χ4v) is 2.29. The second kappa shape index (κ2) is 7.70. The smallest absolute Gasteiger partial charge is 0.0606 e. The fourth-order valence-electron chi connectivity index (χ4n) is 2.29. The topological polar surface area (TPSA) is 35.5 Å². The summed E-state index contributed by atoms with van der Waals surface area (Å²) in [5, 5.41) is 12.5. The Morgan fingerprint density at radius 2 is 1.67 bits per heavy atom. The third kappa shape index (κ3) is 4.50. The van der Waals surface area contributed by atoms with Gasteiger partial charge in [-0.1, -0.05) is 29.8 Å². The zero-order valence-electron chi connectivity index (χ0n) is 12.8. The lowest BCUT2D eigenvalue weighted by Gasteiger charge is -2.22. The number of likely N-dealkylation sites (N-methyl/N-ethyl adjacent to an activating group) is 1. The molecule has 112 valence electrons. The Balaban J connectivity index is 1.94. The van der Waals surface area contributed by atoms with Gasteiger partial charge >= 0.3 is 0 Å². The van der Waals surface area contributed by atoms with Crippen LogP contribution in [0.1, 0.15) is 18.1 Å². The number of benzene rings is 2. The van der Waals surface area contributed by atoms with Crippen LogP contribution in [0, 0.1) is 6.92 Å². The Morgan fingerprint density at radius 1 is 1.00 bits per heavy atom. The van der Waals surface area contributed by atoms with Crippen molar-refractivity contribution >= 4 is 11.4 Å². The van der Waals surface area contributed by atoms with Gasteiger partial charge in [-0.2, -0.15) is 0 Å². The second-order valence-electron chi connectivity index (χ2n) is 5.19. The molecule has 0 spiro atoms. The lowest BCUT2D eigenvalue weighted by atomic mass is 10.1. The Kier molecular flexibility index (Phi) is 5.64. The van der Waals surface area contributed by atoms with Gasteiger partial charge in [-0.15, -0.1) is 0 Å². The zero-order valence-corrected chi connectivity index (χ0v) is 12.8. The number of nitrogens with zero attached hydrogens (tertiary/aromatic N) is 1. The van der Waals surface area contributed by atoms with Gasteiger partial charge in [0.15, 0.2) is 0 Å². The summed E-state index contributed by atoms with van der Waals surface area (Å²) in [7, 11) is 0. The van der Waals surface area contributed by atoms with Crippen LogP contribution in [-0.4, -0.2) is 24.8 Å². The molecule has 0 aromatic heterocycles. The van der Waals surface area contributed by atoms with Crippen molar-refractivity contribution in [3.05, 3.63) is 59.7 Å². The summed E-state index contributed by atoms with van der Waals surface area (Å²) in [6, 6.07) is 16.9. The molecular formula is C18H24N2O. The number of aliphatic hydroxyl groups is 1. The van der Waals surface area contributed by atoms with E-state index in [-0.39, 0.29) is 6.61 Å². The maximum atomic E-state index is 9.06. The highest BCUT2D eigenvalue weighted by Crippen LogP contribution is 2.18. The summed E-state index contributed by atoms with van der Waals surface area (Å²) in [6.07, 6.45) is 0. The number of aryl methyl sites for hydroxylation is 1. The molecule has 0 aliphatic heterocycles. The first-order valence-corrected chi connectivity index (χ1v) is 7.48. The average Bonchev–Trinajstić information content (AvgIpc) is 2.53. The number of nitrogens with one attached hydrogen (secondary N) is 1. The molecule has 0 amide bonds. The Labute approximate surface area is 127 Å². The number of aliphatic hydroxyl groups excluding tert-OH is 1. The molecule has 0 radical (unpaired) electrons. The molecule has 2 aromatic carbocycles. The summed E-state index contributed by atoms with van der Waals surface area (Å²) in [6.45, 7) is 6.78. The Hall–Kier alpha value is -2.00. The van der Waals surface area contributed by atoms with Gasteiger partial charge in [0.1, 0.15) is 0 Å². The maximum absolute atomic E-state index is 9.06. The molecule has 0 unspecified atom stereocenters. The standard InChI is InChI=1S/C18H24N2O/c1-3-20(12-13-21)18-10-8-17(9-11-18)19-14-16-6-4-15(2)5-7-16/h4-11,19,21H,3,12-14H2,1-2H3. The van der Waals surface area contributed by atoms with Crippen LogP contribution in [0.3, 0.4) is 0 Å². The van der Waals surface area contributed by atoms with Crippen LogP contribution in [0.5, 0.6) is 0 Å². The molecule has 0 bridgehead atoms. The molecule has 0 saturated heterocycles. The predicted molar refractivity (Wildman–Crippen MR) is 89.9 cm³/mol. The number of hydrogen-bond donors (Lipinski definition) is 2. The van der Waals surface area contributed by atoms with Crippen LogP contribution in [0.25, 0.3) is 0 Å². The van der Waals surface area contributed by atoms with Crippen molar-refractivity contribution in [3.8, 4) is 0 Å². The van der Waals surface area contributed by atoms with Gasteiger partial charge < -0.3 is 15.3 Å². The lowest BCUT2D eigenvalue weighted by Crippen LogP contribution is -2.25. The van der Waals surface area contributed by atoms with E-state index in [1.165, 1.54) is 11.1 Å². The molecule has 2 N–H and O–H groups in total. The van der Waals surface area contributed by atoms with Crippen molar-refractivity contribution in [2.75, 3.05) is 29.9 Å². The first kappa shape index (κ1) is 15.4. The predicted octanol–water partition coefficient (Wildman–Crippen LogP) is 3.43. The van der Waals surface area contributed by atoms with E-state index in [0.717, 1.165) is 24.5 Å². The summed E-state index contributed by atoms with van der Waals surface area (Å²) < 4.78 is 0. The maximum Gasteiger partial charge on any atom is 0.0606 e. The van der Waals surface area contributed by atoms with Crippen molar-refractivity contribution in [2.24, 2.45) is 0 Å². The molecule has 21 heavy (non-hydrogen) atoms. The number of hydrogen-bond acceptors (Lipinski definition) is 3. The van der Waals surface area contributed by atoms with Crippen molar-refractivity contribution in [1.82, 2.24) is 0 Å². The Morgan fingerprint density at radius 3 is 2.24 bits per heavy atom. The molecule has 0 aliphatic rings. The van der Waals surface area contributed by atoms with Gasteiger partial charge in [0, 0.05) is 31.0 Å². The minimum atomic E-state index is 0.182. The number of anilines is 2. The van der Waals surface area contributed by atoms with Gasteiger partial charge in [-0.25, -0.2) is 0 Å². The highest BCUT2D eigenvalue weighted by Gasteiger charge is 2.03. The van der Waals surface area contributed by atoms with E-state index >= 15 is 0 Å². The molecule has 2 aromatic rings. The Bertz CT molecular complexity index is 534. The normalized spacial score (nSPS) is 10.4. The van der Waals surface area contributed by atoms with Crippen molar-refractivity contribution in [2.45, 2.75) is 20.4 Å². The SMILES string of the molecule is CCN(CCO)c1ccc(NCc2ccc(C)cc2)cc1. The largest absolute Gasteiger partial charge is 0.395 e. The zero-order chi connectivity index (χ0) is 15.1. The molecule has 0 atom stereocenters. The quantitative estimate of drug-likeness (QED) is 0.817. The van der Waals surface area contributed by atoms with E-state index in [2.05, 4.69) is 72.6 Å². The van der Waals surface area contributed by atoms with Crippen molar-refractivity contribution in [3.63, 3.8) is 0 Å². The van der Waals surface area contributed by atoms with E-state index in [1.54, 1.807) is 0 Å². The van der Waals surface area contributed by atoms with Gasteiger partial charge in [0.25, 0.3) is 0 Å². The first-order valence-electron chi connectivity index (χ1n) is 7.48. The van der Waals surface area contributed by atoms with Gasteiger partial charge in [-0.05, 0) is 43.7 Å². The highest BCUT2D eigenvalue weighted by molar-refractivity contribution is 5.55. The van der Waals surface area contributed by atoms with Crippen LogP contribution in [-0.2, 0) is 6.54 Å². The monoisotopic (exact) mass is 284 g/mol. The number of rotatable bonds is 7. The minimum absolute atomic E-state index is 0.182. The summed E-state index contributed by atoms with van der Waals surface area (Å²) in [5.74, 6) is 0. The van der Waals surface area contributed by atoms with E-state index < -0.39 is 0 Å². The van der Waals surface area contributed by atoms with Crippen LogP contribution in [0.2, 0.25) is 0 Å². The molecular weight excluding hydrogens is 260 g/mol. The van der Waals surface area contributed by atoms with Crippen LogP contribution >= 0.6 is 0 Å². The third-order valence-corrected chi connectivity index (χ3v) is 3.60. The second-order valence-corrected chi connectivity index (χ2v) is 5.19. The molecule has 0 saturated carbocycles. The third-order valence-electron chi connectivity index (χ3n) is 3.60. The van der Waals surface area contributed by atoms with Gasteiger partial charge in [0.05, 0.1) is 6.61 Å². The molecule has 0 fully saturated rings. The van der Waals surface area contributed by atoms with Crippen molar-refractivity contribution in [1.29, 1.82) is 0 Å². The highest BCUT2D eigenvalue weighted by atomic mass is 16.3. The van der Waals surface area contributed by atoms with Gasteiger partial charge in [0.2, 0.25) is 0 Å². The van der Waals surface area contributed by atoms with E-state index in [9.17, 15) is 0 Å². The molecule has 2 rings (SSSR count). The molecule has 0 heterocycles. The van der Waals surface area contributed by atoms with E-state index in [1.807, 2.05) is 0 Å². The molecule has 3 heteroatoms. The van der Waals surface area contributed by atoms with E-state index in [4.69, 9.17) is 5.11 Å².